The number of rotatable bonds is 5. The van der Waals surface area contributed by atoms with Gasteiger partial charge in [-0.25, -0.2) is 0 Å². The van der Waals surface area contributed by atoms with Crippen molar-refractivity contribution in [3.05, 3.63) is 45.6 Å². The Labute approximate surface area is 120 Å². The van der Waals surface area contributed by atoms with Gasteiger partial charge in [0.05, 0.1) is 18.0 Å². The number of nitrogens with two attached hydrogens (primary N) is 1. The molecule has 19 heavy (non-hydrogen) atoms. The Bertz CT molecular complexity index is 558. The highest BCUT2D eigenvalue weighted by molar-refractivity contribution is 7.09. The summed E-state index contributed by atoms with van der Waals surface area (Å²) in [5.74, 6) is -0.245. The minimum Gasteiger partial charge on any atom is -0.397 e. The van der Waals surface area contributed by atoms with Crippen molar-refractivity contribution in [3.8, 4) is 0 Å². The summed E-state index contributed by atoms with van der Waals surface area (Å²) in [7, 11) is 0. The molecular formula is C13H13ClN2O2S. The van der Waals surface area contributed by atoms with Gasteiger partial charge in [-0.3, -0.25) is 4.79 Å². The number of benzene rings is 1. The summed E-state index contributed by atoms with van der Waals surface area (Å²) in [5.41, 5.74) is 6.70. The topological polar surface area (TPSA) is 64.3 Å². The first-order chi connectivity index (χ1) is 9.15. The smallest absolute Gasteiger partial charge is 0.250 e. The highest BCUT2D eigenvalue weighted by Gasteiger charge is 2.06. The van der Waals surface area contributed by atoms with Crippen LogP contribution in [0.25, 0.3) is 0 Å². The maximum atomic E-state index is 11.7. The van der Waals surface area contributed by atoms with Crippen LogP contribution < -0.4 is 11.1 Å². The van der Waals surface area contributed by atoms with Crippen molar-refractivity contribution in [2.24, 2.45) is 0 Å². The normalized spacial score (nSPS) is 10.4. The van der Waals surface area contributed by atoms with Crippen LogP contribution in [-0.2, 0) is 16.1 Å². The van der Waals surface area contributed by atoms with Crippen LogP contribution in [-0.4, -0.2) is 12.5 Å². The number of nitrogen functional groups attached to an aromatic ring is 1. The van der Waals surface area contributed by atoms with Gasteiger partial charge in [0.1, 0.15) is 6.61 Å². The average molecular weight is 297 g/mol. The average Bonchev–Trinajstić information content (AvgIpc) is 2.86. The highest BCUT2D eigenvalue weighted by atomic mass is 35.5. The Kier molecular flexibility index (Phi) is 4.79. The molecule has 6 heteroatoms. The molecule has 3 N–H and O–H groups in total. The van der Waals surface area contributed by atoms with Gasteiger partial charge in [0.2, 0.25) is 5.91 Å². The van der Waals surface area contributed by atoms with E-state index in [2.05, 4.69) is 5.32 Å². The molecule has 0 radical (unpaired) electrons. The quantitative estimate of drug-likeness (QED) is 0.833. The summed E-state index contributed by atoms with van der Waals surface area (Å²) >= 11 is 7.37. The van der Waals surface area contributed by atoms with E-state index >= 15 is 0 Å². The van der Waals surface area contributed by atoms with Crippen LogP contribution in [0.1, 0.15) is 4.88 Å². The largest absolute Gasteiger partial charge is 0.397 e. The van der Waals surface area contributed by atoms with Crippen molar-refractivity contribution in [2.75, 3.05) is 17.7 Å². The molecule has 1 amide bonds. The van der Waals surface area contributed by atoms with E-state index in [9.17, 15) is 4.79 Å². The molecule has 0 saturated carbocycles. The first-order valence-electron chi connectivity index (χ1n) is 5.60. The zero-order valence-corrected chi connectivity index (χ0v) is 11.6. The first-order valence-corrected chi connectivity index (χ1v) is 6.86. The predicted octanol–water partition coefficient (Wildman–Crippen LogP) is 3.14. The van der Waals surface area contributed by atoms with E-state index < -0.39 is 0 Å². The zero-order valence-electron chi connectivity index (χ0n) is 10.1. The molecule has 0 fully saturated rings. The van der Waals surface area contributed by atoms with Crippen molar-refractivity contribution in [3.63, 3.8) is 0 Å². The number of carbonyl (C=O) groups excluding carboxylic acids is 1. The van der Waals surface area contributed by atoms with Crippen LogP contribution in [0.2, 0.25) is 5.02 Å². The number of hydrogen-bond acceptors (Lipinski definition) is 4. The summed E-state index contributed by atoms with van der Waals surface area (Å²) in [6.45, 7) is 0.418. The monoisotopic (exact) mass is 296 g/mol. The fourth-order valence-electron chi connectivity index (χ4n) is 1.47. The lowest BCUT2D eigenvalue weighted by Gasteiger charge is -2.08. The number of carbonyl (C=O) groups is 1. The molecule has 0 unspecified atom stereocenters. The third-order valence-corrected chi connectivity index (χ3v) is 3.43. The van der Waals surface area contributed by atoms with E-state index in [1.165, 1.54) is 0 Å². The van der Waals surface area contributed by atoms with Gasteiger partial charge in [-0.1, -0.05) is 17.7 Å². The molecule has 4 nitrogen and oxygen atoms in total. The Morgan fingerprint density at radius 2 is 2.26 bits per heavy atom. The van der Waals surface area contributed by atoms with E-state index in [1.807, 2.05) is 17.5 Å². The van der Waals surface area contributed by atoms with Crippen molar-refractivity contribution >= 4 is 40.2 Å². The summed E-state index contributed by atoms with van der Waals surface area (Å²) in [5, 5.41) is 5.17. The molecule has 0 aliphatic heterocycles. The summed E-state index contributed by atoms with van der Waals surface area (Å²) in [4.78, 5) is 12.7. The number of amides is 1. The van der Waals surface area contributed by atoms with Gasteiger partial charge in [-0.15, -0.1) is 11.3 Å². The van der Waals surface area contributed by atoms with Crippen LogP contribution in [0.3, 0.4) is 0 Å². The molecule has 1 heterocycles. The Morgan fingerprint density at radius 3 is 2.95 bits per heavy atom. The maximum Gasteiger partial charge on any atom is 0.250 e. The minimum absolute atomic E-state index is 0.0139. The van der Waals surface area contributed by atoms with E-state index in [-0.39, 0.29) is 12.5 Å². The second-order valence-corrected chi connectivity index (χ2v) is 5.32. The van der Waals surface area contributed by atoms with Crippen molar-refractivity contribution in [1.29, 1.82) is 0 Å². The Morgan fingerprint density at radius 1 is 1.42 bits per heavy atom. The van der Waals surface area contributed by atoms with Crippen molar-refractivity contribution < 1.29 is 9.53 Å². The number of thiophene rings is 1. The van der Waals surface area contributed by atoms with Gasteiger partial charge in [0.25, 0.3) is 0 Å². The maximum absolute atomic E-state index is 11.7. The summed E-state index contributed by atoms with van der Waals surface area (Å²) < 4.78 is 5.31. The molecule has 0 atom stereocenters. The Hall–Kier alpha value is -1.56. The molecule has 1 aromatic carbocycles. The molecule has 0 saturated heterocycles. The molecule has 2 aromatic rings. The lowest BCUT2D eigenvalue weighted by molar-refractivity contribution is -0.120. The minimum atomic E-state index is -0.245. The molecule has 100 valence electrons. The van der Waals surface area contributed by atoms with Crippen LogP contribution in [0.15, 0.2) is 35.7 Å². The van der Waals surface area contributed by atoms with Crippen molar-refractivity contribution in [1.82, 2.24) is 0 Å². The molecule has 0 spiro atoms. The van der Waals surface area contributed by atoms with Gasteiger partial charge in [-0.2, -0.15) is 0 Å². The van der Waals surface area contributed by atoms with Gasteiger partial charge in [0.15, 0.2) is 0 Å². The molecule has 2 rings (SSSR count). The highest BCUT2D eigenvalue weighted by Crippen LogP contribution is 2.22. The van der Waals surface area contributed by atoms with Gasteiger partial charge in [-0.05, 0) is 29.6 Å². The summed E-state index contributed by atoms with van der Waals surface area (Å²) in [6, 6.07) is 8.82. The third-order valence-electron chi connectivity index (χ3n) is 2.35. The molecule has 0 aliphatic carbocycles. The number of ether oxygens (including phenoxy) is 1. The standard InChI is InChI=1S/C13H13ClN2O2S/c14-9-3-4-12(11(15)6-9)16-13(17)8-18-7-10-2-1-5-19-10/h1-6H,7-8,15H2,(H,16,17). The SMILES string of the molecule is Nc1cc(Cl)ccc1NC(=O)COCc1cccs1. The van der Waals surface area contributed by atoms with Gasteiger partial charge in [0, 0.05) is 9.90 Å². The predicted molar refractivity (Wildman–Crippen MR) is 78.5 cm³/mol. The number of anilines is 2. The number of hydrogen-bond donors (Lipinski definition) is 2. The first kappa shape index (κ1) is 13.9. The Balaban J connectivity index is 1.80. The number of halogens is 1. The van der Waals surface area contributed by atoms with Crippen LogP contribution in [0.4, 0.5) is 11.4 Å². The zero-order chi connectivity index (χ0) is 13.7. The molecule has 0 aliphatic rings. The lowest BCUT2D eigenvalue weighted by atomic mass is 10.2. The fraction of sp³-hybridized carbons (Fsp3) is 0.154. The van der Waals surface area contributed by atoms with Crippen LogP contribution in [0, 0.1) is 0 Å². The molecule has 1 aromatic heterocycles. The molecule has 0 bridgehead atoms. The van der Waals surface area contributed by atoms with Gasteiger partial charge >= 0.3 is 0 Å². The second-order valence-electron chi connectivity index (χ2n) is 3.85. The fourth-order valence-corrected chi connectivity index (χ4v) is 2.29. The van der Waals surface area contributed by atoms with E-state index in [4.69, 9.17) is 22.1 Å². The van der Waals surface area contributed by atoms with Gasteiger partial charge < -0.3 is 15.8 Å². The van der Waals surface area contributed by atoms with E-state index in [0.29, 0.717) is 23.0 Å². The van der Waals surface area contributed by atoms with Crippen LogP contribution in [0.5, 0.6) is 0 Å². The molecular weight excluding hydrogens is 284 g/mol. The van der Waals surface area contributed by atoms with E-state index in [0.717, 1.165) is 4.88 Å². The second kappa shape index (κ2) is 6.56. The number of nitrogens with one attached hydrogen (secondary N) is 1. The van der Waals surface area contributed by atoms with Crippen LogP contribution >= 0.6 is 22.9 Å². The lowest BCUT2D eigenvalue weighted by Crippen LogP contribution is -2.18. The third kappa shape index (κ3) is 4.24. The summed E-state index contributed by atoms with van der Waals surface area (Å²) in [6.07, 6.45) is 0. The van der Waals surface area contributed by atoms with Crippen molar-refractivity contribution in [2.45, 2.75) is 6.61 Å². The van der Waals surface area contributed by atoms with E-state index in [1.54, 1.807) is 29.5 Å².